The summed E-state index contributed by atoms with van der Waals surface area (Å²) >= 11 is 6.11. The predicted octanol–water partition coefficient (Wildman–Crippen LogP) is 5.17. The van der Waals surface area contributed by atoms with Gasteiger partial charge in [-0.1, -0.05) is 47.5 Å². The third-order valence-electron chi connectivity index (χ3n) is 5.25. The molecule has 7 heteroatoms. The van der Waals surface area contributed by atoms with Gasteiger partial charge in [-0.3, -0.25) is 9.73 Å². The normalized spacial score (nSPS) is 15.0. The number of halogens is 1. The van der Waals surface area contributed by atoms with Crippen molar-refractivity contribution >= 4 is 34.7 Å². The van der Waals surface area contributed by atoms with E-state index in [9.17, 15) is 4.79 Å². The largest absolute Gasteiger partial charge is 0.277 e. The molecule has 0 aromatic heterocycles. The third kappa shape index (κ3) is 2.76. The molecule has 0 aliphatic carbocycles. The molecule has 0 unspecified atom stereocenters. The molecule has 0 N–H and O–H groups in total. The maximum atomic E-state index is 13.4. The number of amides is 1. The third-order valence-corrected chi connectivity index (χ3v) is 5.48. The first-order valence-electron chi connectivity index (χ1n) is 9.58. The van der Waals surface area contributed by atoms with Crippen molar-refractivity contribution in [3.8, 4) is 0 Å². The van der Waals surface area contributed by atoms with Gasteiger partial charge in [0.2, 0.25) is 5.84 Å². The number of para-hydroxylation sites is 2. The lowest BCUT2D eigenvalue weighted by Gasteiger charge is -2.25. The van der Waals surface area contributed by atoms with Crippen molar-refractivity contribution in [2.24, 2.45) is 5.16 Å². The molecule has 2 heterocycles. The lowest BCUT2D eigenvalue weighted by molar-refractivity contribution is -0.135. The van der Waals surface area contributed by atoms with Gasteiger partial charge < -0.3 is 0 Å². The molecule has 1 amide bonds. The first-order chi connectivity index (χ1) is 14.5. The van der Waals surface area contributed by atoms with Crippen molar-refractivity contribution in [3.63, 3.8) is 0 Å². The summed E-state index contributed by atoms with van der Waals surface area (Å²) in [6.07, 6.45) is 0. The molecule has 6 nitrogen and oxygen atoms in total. The number of fused-ring (bicyclic) bond motifs is 3. The van der Waals surface area contributed by atoms with Crippen LogP contribution in [0.15, 0.2) is 65.8 Å². The zero-order valence-corrected chi connectivity index (χ0v) is 17.5. The van der Waals surface area contributed by atoms with Gasteiger partial charge in [-0.25, -0.2) is 0 Å². The summed E-state index contributed by atoms with van der Waals surface area (Å²) < 4.78 is 0. The molecule has 30 heavy (non-hydrogen) atoms. The number of carbonyl (C=O) groups excluding carboxylic acids is 1. The van der Waals surface area contributed by atoms with E-state index in [0.717, 1.165) is 22.4 Å². The minimum atomic E-state index is -0.263. The van der Waals surface area contributed by atoms with E-state index >= 15 is 0 Å². The van der Waals surface area contributed by atoms with Gasteiger partial charge in [0, 0.05) is 16.1 Å². The smallest absolute Gasteiger partial charge is 0.267 e. The van der Waals surface area contributed by atoms with Crippen molar-refractivity contribution in [2.45, 2.75) is 20.8 Å². The molecular formula is C23H19ClN4O2. The van der Waals surface area contributed by atoms with E-state index in [1.807, 2.05) is 29.3 Å². The number of hydrogen-bond donors (Lipinski definition) is 0. The highest BCUT2D eigenvalue weighted by Crippen LogP contribution is 2.43. The minimum absolute atomic E-state index is 0.263. The maximum Gasteiger partial charge on any atom is 0.277 e. The Morgan fingerprint density at radius 2 is 1.63 bits per heavy atom. The standard InChI is InChI=1S/C23H19ClN4O2/c1-14-11-15(2)21(16(3)12-14)22-25-30-28-26(22)19-9-4-5-10-20(19)27(28)23(29)17-7-6-8-18(24)13-17/h4-13H,1-3H3. The molecule has 0 fully saturated rings. The monoisotopic (exact) mass is 418 g/mol. The number of hydrogen-bond acceptors (Lipinski definition) is 5. The van der Waals surface area contributed by atoms with E-state index in [1.54, 1.807) is 24.3 Å². The number of oxime groups is 1. The van der Waals surface area contributed by atoms with E-state index in [0.29, 0.717) is 22.1 Å². The van der Waals surface area contributed by atoms with Crippen LogP contribution in [0.2, 0.25) is 5.02 Å². The first-order valence-corrected chi connectivity index (χ1v) is 9.96. The van der Waals surface area contributed by atoms with Crippen LogP contribution in [0, 0.1) is 20.8 Å². The molecule has 2 aliphatic rings. The van der Waals surface area contributed by atoms with Gasteiger partial charge in [0.25, 0.3) is 5.91 Å². The maximum absolute atomic E-state index is 13.4. The van der Waals surface area contributed by atoms with Crippen molar-refractivity contribution in [3.05, 3.63) is 93.5 Å². The molecule has 3 aromatic rings. The molecule has 3 aromatic carbocycles. The lowest BCUT2D eigenvalue weighted by Crippen LogP contribution is -2.49. The molecule has 0 bridgehead atoms. The summed E-state index contributed by atoms with van der Waals surface area (Å²) in [5.41, 5.74) is 6.32. The SMILES string of the molecule is Cc1cc(C)c(C2=NON3N(C(=O)c4cccc(Cl)c4)c4ccccc4N23)c(C)c1. The van der Waals surface area contributed by atoms with Crippen molar-refractivity contribution in [1.29, 1.82) is 0 Å². The Kier molecular flexibility index (Phi) is 4.27. The summed E-state index contributed by atoms with van der Waals surface area (Å²) in [6.45, 7) is 6.17. The molecule has 0 saturated heterocycles. The number of carbonyl (C=O) groups is 1. The molecule has 5 rings (SSSR count). The van der Waals surface area contributed by atoms with Gasteiger partial charge in [-0.05, 0) is 67.4 Å². The Bertz CT molecular complexity index is 1200. The summed E-state index contributed by atoms with van der Waals surface area (Å²) in [7, 11) is 0. The summed E-state index contributed by atoms with van der Waals surface area (Å²) in [5.74, 6) is 0.375. The van der Waals surface area contributed by atoms with Gasteiger partial charge in [0.1, 0.15) is 0 Å². The molecule has 0 spiro atoms. The highest BCUT2D eigenvalue weighted by atomic mass is 35.5. The van der Waals surface area contributed by atoms with Crippen LogP contribution in [0.1, 0.15) is 32.6 Å². The van der Waals surface area contributed by atoms with Crippen molar-refractivity contribution in [2.75, 3.05) is 10.0 Å². The van der Waals surface area contributed by atoms with Gasteiger partial charge in [0.15, 0.2) is 0 Å². The molecular weight excluding hydrogens is 400 g/mol. The van der Waals surface area contributed by atoms with E-state index < -0.39 is 0 Å². The second-order valence-electron chi connectivity index (χ2n) is 7.45. The van der Waals surface area contributed by atoms with Crippen LogP contribution >= 0.6 is 11.6 Å². The summed E-state index contributed by atoms with van der Waals surface area (Å²) in [6, 6.07) is 18.7. The number of anilines is 2. The molecule has 0 radical (unpaired) electrons. The number of aryl methyl sites for hydroxylation is 3. The van der Waals surface area contributed by atoms with Crippen molar-refractivity contribution in [1.82, 2.24) is 5.28 Å². The second-order valence-corrected chi connectivity index (χ2v) is 7.89. The van der Waals surface area contributed by atoms with E-state index in [-0.39, 0.29) is 5.91 Å². The van der Waals surface area contributed by atoms with E-state index in [1.165, 1.54) is 15.9 Å². The Hall–Kier alpha value is -3.35. The summed E-state index contributed by atoms with van der Waals surface area (Å²) in [5, 5.41) is 9.51. The zero-order valence-electron chi connectivity index (χ0n) is 16.8. The lowest BCUT2D eigenvalue weighted by atomic mass is 9.98. The average molecular weight is 419 g/mol. The highest BCUT2D eigenvalue weighted by Gasteiger charge is 2.47. The van der Waals surface area contributed by atoms with E-state index in [4.69, 9.17) is 16.5 Å². The van der Waals surface area contributed by atoms with Crippen LogP contribution in [-0.2, 0) is 4.94 Å². The average Bonchev–Trinajstić information content (AvgIpc) is 3.25. The van der Waals surface area contributed by atoms with Crippen LogP contribution in [-0.4, -0.2) is 17.0 Å². The fourth-order valence-corrected chi connectivity index (χ4v) is 4.28. The Morgan fingerprint density at radius 3 is 2.33 bits per heavy atom. The number of benzene rings is 3. The predicted molar refractivity (Wildman–Crippen MR) is 117 cm³/mol. The zero-order chi connectivity index (χ0) is 21.0. The number of amidine groups is 1. The topological polar surface area (TPSA) is 48.4 Å². The molecule has 2 aliphatic heterocycles. The molecule has 150 valence electrons. The van der Waals surface area contributed by atoms with Gasteiger partial charge in [-0.15, -0.1) is 0 Å². The minimum Gasteiger partial charge on any atom is -0.267 e. The van der Waals surface area contributed by atoms with Crippen LogP contribution in [0.25, 0.3) is 0 Å². The Labute approximate surface area is 179 Å². The van der Waals surface area contributed by atoms with Crippen LogP contribution in [0.5, 0.6) is 0 Å². The summed E-state index contributed by atoms with van der Waals surface area (Å²) in [4.78, 5) is 19.1. The van der Waals surface area contributed by atoms with Gasteiger partial charge in [0.05, 0.1) is 16.7 Å². The molecule has 0 saturated carbocycles. The second kappa shape index (κ2) is 6.86. The highest BCUT2D eigenvalue weighted by molar-refractivity contribution is 6.31. The fraction of sp³-hybridized carbons (Fsp3) is 0.130. The van der Waals surface area contributed by atoms with Crippen LogP contribution < -0.4 is 10.0 Å². The molecule has 0 atom stereocenters. The number of hydrazine groups is 2. The van der Waals surface area contributed by atoms with Crippen LogP contribution in [0.3, 0.4) is 0 Å². The fourth-order valence-electron chi connectivity index (χ4n) is 4.09. The van der Waals surface area contributed by atoms with Crippen molar-refractivity contribution < 1.29 is 9.73 Å². The van der Waals surface area contributed by atoms with E-state index in [2.05, 4.69) is 38.1 Å². The number of nitrogens with zero attached hydrogens (tertiary/aromatic N) is 4. The Morgan fingerprint density at radius 1 is 0.933 bits per heavy atom. The number of rotatable bonds is 2. The first kappa shape index (κ1) is 18.7. The van der Waals surface area contributed by atoms with Gasteiger partial charge >= 0.3 is 0 Å². The quantitative estimate of drug-likeness (QED) is 0.576. The Balaban J connectivity index is 1.61. The van der Waals surface area contributed by atoms with Gasteiger partial charge in [-0.2, -0.15) is 10.0 Å². The van der Waals surface area contributed by atoms with Crippen LogP contribution in [0.4, 0.5) is 11.4 Å².